The number of carboxylic acids is 1. The Bertz CT molecular complexity index is 240. The number of carboxylic acid groups (broad SMARTS) is 1. The van der Waals surface area contributed by atoms with Crippen molar-refractivity contribution in [3.63, 3.8) is 0 Å². The Morgan fingerprint density at radius 3 is 2.30 bits per heavy atom. The maximum atomic E-state index is 10.8. The van der Waals surface area contributed by atoms with Crippen LogP contribution in [0.15, 0.2) is 0 Å². The fourth-order valence-electron chi connectivity index (χ4n) is 1.07. The molecule has 0 amide bonds. The van der Waals surface area contributed by atoms with Crippen LogP contribution in [-0.4, -0.2) is 30.5 Å². The lowest BCUT2D eigenvalue weighted by Crippen LogP contribution is -2.25. The van der Waals surface area contributed by atoms with Crippen molar-refractivity contribution in [3.8, 4) is 0 Å². The van der Waals surface area contributed by atoms with Crippen molar-refractivity contribution in [2.45, 2.75) is 18.1 Å². The predicted molar refractivity (Wildman–Crippen MR) is 34.4 cm³/mol. The summed E-state index contributed by atoms with van der Waals surface area (Å²) in [4.78, 5) is 10.2. The van der Waals surface area contributed by atoms with Crippen LogP contribution in [0.1, 0.15) is 12.8 Å². The molecule has 1 aliphatic rings. The second kappa shape index (κ2) is 2.23. The highest BCUT2D eigenvalue weighted by Crippen LogP contribution is 2.19. The highest BCUT2D eigenvalue weighted by atomic mass is 32.2. The smallest absolute Gasteiger partial charge is 0.321 e. The lowest BCUT2D eigenvalue weighted by Gasteiger charge is -1.99. The maximum absolute atomic E-state index is 10.8. The van der Waals surface area contributed by atoms with Gasteiger partial charge in [-0.3, -0.25) is 4.79 Å². The number of aliphatic carboxylic acids is 1. The molecule has 1 atom stereocenters. The molecule has 5 heteroatoms. The largest absolute Gasteiger partial charge is 0.480 e. The zero-order chi connectivity index (χ0) is 7.78. The number of hydrogen-bond donors (Lipinski definition) is 1. The second-order valence-electron chi connectivity index (χ2n) is 2.34. The van der Waals surface area contributed by atoms with E-state index in [1.165, 1.54) is 0 Å². The van der Waals surface area contributed by atoms with E-state index in [4.69, 9.17) is 5.11 Å². The van der Waals surface area contributed by atoms with Crippen LogP contribution < -0.4 is 0 Å². The fourth-order valence-corrected chi connectivity index (χ4v) is 2.76. The molecule has 0 aromatic carbocycles. The van der Waals surface area contributed by atoms with Crippen molar-refractivity contribution in [1.29, 1.82) is 0 Å². The van der Waals surface area contributed by atoms with Gasteiger partial charge in [-0.25, -0.2) is 8.42 Å². The third-order valence-corrected chi connectivity index (χ3v) is 3.77. The van der Waals surface area contributed by atoms with Gasteiger partial charge in [-0.2, -0.15) is 0 Å². The first-order valence-corrected chi connectivity index (χ1v) is 4.70. The molecule has 1 N–H and O–H groups in total. The van der Waals surface area contributed by atoms with E-state index in [2.05, 4.69) is 0 Å². The van der Waals surface area contributed by atoms with Crippen molar-refractivity contribution in [1.82, 2.24) is 0 Å². The van der Waals surface area contributed by atoms with Crippen molar-refractivity contribution in [3.05, 3.63) is 0 Å². The van der Waals surface area contributed by atoms with Crippen molar-refractivity contribution in [2.75, 3.05) is 5.75 Å². The van der Waals surface area contributed by atoms with Gasteiger partial charge in [-0.1, -0.05) is 0 Å². The molecule has 1 aliphatic heterocycles. The van der Waals surface area contributed by atoms with Gasteiger partial charge < -0.3 is 5.11 Å². The van der Waals surface area contributed by atoms with Crippen molar-refractivity contribution >= 4 is 15.8 Å². The van der Waals surface area contributed by atoms with Crippen molar-refractivity contribution < 1.29 is 18.3 Å². The molecule has 0 aliphatic carbocycles. The number of sulfone groups is 1. The van der Waals surface area contributed by atoms with E-state index in [1.54, 1.807) is 0 Å². The van der Waals surface area contributed by atoms with E-state index in [9.17, 15) is 13.2 Å². The standard InChI is InChI=1S/C5H8O4S/c6-5(7)4-2-1-3-10(4,8)9/h4H,1-3H2,(H,6,7)/t4-/m0/s1. The van der Waals surface area contributed by atoms with E-state index < -0.39 is 21.1 Å². The molecule has 0 saturated carbocycles. The molecule has 0 bridgehead atoms. The number of carbonyl (C=O) groups is 1. The molecule has 0 spiro atoms. The minimum absolute atomic E-state index is 0.0317. The highest BCUT2D eigenvalue weighted by Gasteiger charge is 2.36. The summed E-state index contributed by atoms with van der Waals surface area (Å²) in [6.45, 7) is 0. The van der Waals surface area contributed by atoms with Gasteiger partial charge in [-0.05, 0) is 12.8 Å². The summed E-state index contributed by atoms with van der Waals surface area (Å²) in [6, 6.07) is 0. The zero-order valence-electron chi connectivity index (χ0n) is 5.28. The Kier molecular flexibility index (Phi) is 1.68. The topological polar surface area (TPSA) is 71.4 Å². The molecule has 1 fully saturated rings. The van der Waals surface area contributed by atoms with Gasteiger partial charge in [0, 0.05) is 0 Å². The first-order chi connectivity index (χ1) is 4.54. The van der Waals surface area contributed by atoms with Crippen LogP contribution in [0.25, 0.3) is 0 Å². The monoisotopic (exact) mass is 164 g/mol. The fraction of sp³-hybridized carbons (Fsp3) is 0.800. The third-order valence-electron chi connectivity index (χ3n) is 1.60. The van der Waals surface area contributed by atoms with Crippen LogP contribution in [0, 0.1) is 0 Å². The Morgan fingerprint density at radius 1 is 1.50 bits per heavy atom. The third kappa shape index (κ3) is 1.13. The minimum Gasteiger partial charge on any atom is -0.480 e. The van der Waals surface area contributed by atoms with Gasteiger partial charge in [-0.15, -0.1) is 0 Å². The zero-order valence-corrected chi connectivity index (χ0v) is 6.10. The van der Waals surface area contributed by atoms with Gasteiger partial charge in [0.25, 0.3) is 0 Å². The molecule has 0 aromatic rings. The molecule has 58 valence electrons. The van der Waals surface area contributed by atoms with E-state index in [0.717, 1.165) is 0 Å². The van der Waals surface area contributed by atoms with Crippen LogP contribution in [-0.2, 0) is 14.6 Å². The Morgan fingerprint density at radius 2 is 2.10 bits per heavy atom. The lowest BCUT2D eigenvalue weighted by molar-refractivity contribution is -0.136. The summed E-state index contributed by atoms with van der Waals surface area (Å²) in [7, 11) is -3.29. The Labute approximate surface area is 58.8 Å². The molecular weight excluding hydrogens is 156 g/mol. The molecule has 1 heterocycles. The predicted octanol–water partition coefficient (Wildman–Crippen LogP) is -0.352. The number of rotatable bonds is 1. The summed E-state index contributed by atoms with van der Waals surface area (Å²) in [5.74, 6) is -1.18. The van der Waals surface area contributed by atoms with Crippen LogP contribution in [0.4, 0.5) is 0 Å². The first-order valence-electron chi connectivity index (χ1n) is 2.98. The van der Waals surface area contributed by atoms with E-state index in [-0.39, 0.29) is 12.2 Å². The molecule has 1 saturated heterocycles. The molecule has 4 nitrogen and oxygen atoms in total. The summed E-state index contributed by atoms with van der Waals surface area (Å²) >= 11 is 0. The van der Waals surface area contributed by atoms with Gasteiger partial charge in [0.1, 0.15) is 0 Å². The highest BCUT2D eigenvalue weighted by molar-refractivity contribution is 7.93. The summed E-state index contributed by atoms with van der Waals surface area (Å²) in [5.41, 5.74) is 0. The van der Waals surface area contributed by atoms with Gasteiger partial charge in [0.2, 0.25) is 0 Å². The van der Waals surface area contributed by atoms with E-state index >= 15 is 0 Å². The second-order valence-corrected chi connectivity index (χ2v) is 4.64. The van der Waals surface area contributed by atoms with Crippen LogP contribution >= 0.6 is 0 Å². The average molecular weight is 164 g/mol. The van der Waals surface area contributed by atoms with Gasteiger partial charge in [0.15, 0.2) is 15.1 Å². The SMILES string of the molecule is O=C(O)[C@@H]1CCCS1(=O)=O. The summed E-state index contributed by atoms with van der Waals surface area (Å²) in [6.07, 6.45) is 0.761. The van der Waals surface area contributed by atoms with Crippen molar-refractivity contribution in [2.24, 2.45) is 0 Å². The maximum Gasteiger partial charge on any atom is 0.321 e. The minimum atomic E-state index is -3.29. The molecule has 0 aromatic heterocycles. The summed E-state index contributed by atoms with van der Waals surface area (Å²) < 4.78 is 21.6. The van der Waals surface area contributed by atoms with Crippen LogP contribution in [0.5, 0.6) is 0 Å². The quantitative estimate of drug-likeness (QED) is 0.575. The normalized spacial score (nSPS) is 30.2. The lowest BCUT2D eigenvalue weighted by atomic mass is 10.3. The average Bonchev–Trinajstić information content (AvgIpc) is 2.08. The van der Waals surface area contributed by atoms with E-state index in [0.29, 0.717) is 6.42 Å². The molecular formula is C5H8O4S. The molecule has 0 radical (unpaired) electrons. The Balaban J connectivity index is 2.90. The molecule has 0 unspecified atom stereocenters. The molecule has 10 heavy (non-hydrogen) atoms. The first kappa shape index (κ1) is 7.53. The number of hydrogen-bond acceptors (Lipinski definition) is 3. The summed E-state index contributed by atoms with van der Waals surface area (Å²) in [5, 5.41) is 7.24. The van der Waals surface area contributed by atoms with Crippen LogP contribution in [0.2, 0.25) is 0 Å². The Hall–Kier alpha value is -0.580. The van der Waals surface area contributed by atoms with Gasteiger partial charge >= 0.3 is 5.97 Å². The van der Waals surface area contributed by atoms with Gasteiger partial charge in [0.05, 0.1) is 5.75 Å². The van der Waals surface area contributed by atoms with Crippen LogP contribution in [0.3, 0.4) is 0 Å². The molecule has 1 rings (SSSR count). The van der Waals surface area contributed by atoms with E-state index in [1.807, 2.05) is 0 Å².